The maximum atomic E-state index is 13.6. The van der Waals surface area contributed by atoms with E-state index in [4.69, 9.17) is 16.3 Å². The zero-order chi connectivity index (χ0) is 36.8. The van der Waals surface area contributed by atoms with Gasteiger partial charge in [-0.05, 0) is 87.8 Å². The second-order valence-corrected chi connectivity index (χ2v) is 14.0. The standard InChI is InChI=1S/C37H46ClN7O5S/c1-5-6-18-51-19-9-7-8-11-32(48)44-35-33-36(40-22-39-35)45(23-41-33)34(26(4)46)37(49)43-29-21-27(14-15-28(29)38)42-31(47)12-10-17-50-30-16-13-24(2)20-25(30)3/h13-16,20-23,34H,5-12,17-19H2,1-4H3,(H,42,47)(H,43,49)(H,39,40,44,48). The number of aromatic nitrogens is 4. The van der Waals surface area contributed by atoms with Crippen LogP contribution in [0.4, 0.5) is 17.2 Å². The normalized spacial score (nSPS) is 11.6. The van der Waals surface area contributed by atoms with Crippen LogP contribution in [0.15, 0.2) is 49.1 Å². The molecule has 0 bridgehead atoms. The van der Waals surface area contributed by atoms with Crippen molar-refractivity contribution in [2.45, 2.75) is 85.1 Å². The molecule has 0 radical (unpaired) electrons. The van der Waals surface area contributed by atoms with E-state index in [9.17, 15) is 19.2 Å². The van der Waals surface area contributed by atoms with Gasteiger partial charge in [0.1, 0.15) is 12.1 Å². The number of halogens is 1. The molecule has 272 valence electrons. The summed E-state index contributed by atoms with van der Waals surface area (Å²) in [7, 11) is 0. The molecule has 0 saturated heterocycles. The molecule has 0 aliphatic rings. The summed E-state index contributed by atoms with van der Waals surface area (Å²) in [5.41, 5.74) is 3.26. The third kappa shape index (κ3) is 11.8. The molecule has 1 unspecified atom stereocenters. The SMILES string of the molecule is CCCCSCCCCCC(=O)Nc1ncnc2c1ncn2C(C(C)=O)C(=O)Nc1cc(NC(=O)CCCOc2ccc(C)cc2C)ccc1Cl. The van der Waals surface area contributed by atoms with Gasteiger partial charge in [0.05, 0.1) is 23.6 Å². The second kappa shape index (κ2) is 19.8. The maximum absolute atomic E-state index is 13.6. The molecule has 0 spiro atoms. The number of amides is 3. The summed E-state index contributed by atoms with van der Waals surface area (Å²) in [5, 5.41) is 8.53. The number of imidazole rings is 1. The summed E-state index contributed by atoms with van der Waals surface area (Å²) >= 11 is 8.35. The summed E-state index contributed by atoms with van der Waals surface area (Å²) in [6, 6.07) is 9.27. The number of carbonyl (C=O) groups is 4. The largest absolute Gasteiger partial charge is 0.493 e. The number of ether oxygens (including phenoxy) is 1. The van der Waals surface area contributed by atoms with Crippen molar-refractivity contribution in [3.63, 3.8) is 0 Å². The van der Waals surface area contributed by atoms with Gasteiger partial charge in [0.2, 0.25) is 11.8 Å². The summed E-state index contributed by atoms with van der Waals surface area (Å²) in [5.74, 6) is 1.66. The molecular formula is C37H46ClN7O5S. The highest BCUT2D eigenvalue weighted by Crippen LogP contribution is 2.28. The fourth-order valence-corrected chi connectivity index (χ4v) is 6.62. The summed E-state index contributed by atoms with van der Waals surface area (Å²) in [4.78, 5) is 64.5. The highest BCUT2D eigenvalue weighted by molar-refractivity contribution is 7.99. The third-order valence-electron chi connectivity index (χ3n) is 8.01. The minimum absolute atomic E-state index is 0.198. The van der Waals surface area contributed by atoms with Crippen LogP contribution in [-0.2, 0) is 19.2 Å². The van der Waals surface area contributed by atoms with Crippen LogP contribution in [0.1, 0.15) is 82.4 Å². The molecule has 4 aromatic rings. The monoisotopic (exact) mass is 735 g/mol. The lowest BCUT2D eigenvalue weighted by Gasteiger charge is -2.17. The number of ketones is 1. The summed E-state index contributed by atoms with van der Waals surface area (Å²) in [6.07, 6.45) is 8.83. The highest BCUT2D eigenvalue weighted by Gasteiger charge is 2.29. The Kier molecular flexibility index (Phi) is 15.2. The number of hydrogen-bond acceptors (Lipinski definition) is 9. The fraction of sp³-hybridized carbons (Fsp3) is 0.432. The third-order valence-corrected chi connectivity index (χ3v) is 9.49. The Morgan fingerprint density at radius 2 is 1.65 bits per heavy atom. The van der Waals surface area contributed by atoms with E-state index in [1.165, 1.54) is 48.8 Å². The Morgan fingerprint density at radius 1 is 0.882 bits per heavy atom. The predicted molar refractivity (Wildman–Crippen MR) is 204 cm³/mol. The molecule has 3 N–H and O–H groups in total. The van der Waals surface area contributed by atoms with E-state index in [0.717, 1.165) is 41.9 Å². The Morgan fingerprint density at radius 3 is 2.41 bits per heavy atom. The first-order valence-electron chi connectivity index (χ1n) is 17.2. The van der Waals surface area contributed by atoms with E-state index in [1.807, 2.05) is 43.8 Å². The van der Waals surface area contributed by atoms with E-state index >= 15 is 0 Å². The molecule has 1 atom stereocenters. The van der Waals surface area contributed by atoms with Gasteiger partial charge < -0.3 is 20.7 Å². The van der Waals surface area contributed by atoms with Crippen molar-refractivity contribution < 1.29 is 23.9 Å². The Balaban J connectivity index is 1.34. The number of carbonyl (C=O) groups excluding carboxylic acids is 4. The molecule has 51 heavy (non-hydrogen) atoms. The summed E-state index contributed by atoms with van der Waals surface area (Å²) in [6.45, 7) is 7.84. The minimum atomic E-state index is -1.35. The van der Waals surface area contributed by atoms with Gasteiger partial charge in [-0.25, -0.2) is 15.0 Å². The zero-order valence-electron chi connectivity index (χ0n) is 29.6. The number of thioether (sulfide) groups is 1. The minimum Gasteiger partial charge on any atom is -0.493 e. The van der Waals surface area contributed by atoms with Crippen molar-refractivity contribution in [1.82, 2.24) is 19.5 Å². The molecule has 0 aliphatic carbocycles. The molecule has 2 heterocycles. The molecule has 3 amide bonds. The Bertz CT molecular complexity index is 1830. The lowest BCUT2D eigenvalue weighted by Crippen LogP contribution is -2.31. The van der Waals surface area contributed by atoms with Crippen LogP contribution in [0.2, 0.25) is 5.02 Å². The van der Waals surface area contributed by atoms with Crippen molar-refractivity contribution in [2.24, 2.45) is 0 Å². The number of anilines is 3. The van der Waals surface area contributed by atoms with Gasteiger partial charge in [-0.3, -0.25) is 23.7 Å². The topological polar surface area (TPSA) is 157 Å². The zero-order valence-corrected chi connectivity index (χ0v) is 31.2. The van der Waals surface area contributed by atoms with Crippen LogP contribution in [0.25, 0.3) is 11.2 Å². The van der Waals surface area contributed by atoms with Crippen molar-refractivity contribution in [3.05, 3.63) is 65.2 Å². The first-order chi connectivity index (χ1) is 24.6. The average Bonchev–Trinajstić information content (AvgIpc) is 3.51. The van der Waals surface area contributed by atoms with Crippen LogP contribution < -0.4 is 20.7 Å². The van der Waals surface area contributed by atoms with E-state index in [0.29, 0.717) is 25.1 Å². The molecule has 14 heteroatoms. The van der Waals surface area contributed by atoms with Crippen molar-refractivity contribution in [3.8, 4) is 5.75 Å². The van der Waals surface area contributed by atoms with Crippen molar-refractivity contribution in [1.29, 1.82) is 0 Å². The van der Waals surface area contributed by atoms with Gasteiger partial charge in [0, 0.05) is 18.5 Å². The van der Waals surface area contributed by atoms with Gasteiger partial charge >= 0.3 is 0 Å². The van der Waals surface area contributed by atoms with E-state index < -0.39 is 17.7 Å². The predicted octanol–water partition coefficient (Wildman–Crippen LogP) is 7.70. The van der Waals surface area contributed by atoms with Gasteiger partial charge in [-0.15, -0.1) is 0 Å². The summed E-state index contributed by atoms with van der Waals surface area (Å²) < 4.78 is 7.15. The molecule has 0 saturated carbocycles. The number of rotatable bonds is 20. The number of fused-ring (bicyclic) bond motifs is 1. The second-order valence-electron chi connectivity index (χ2n) is 12.3. The van der Waals surface area contributed by atoms with E-state index in [1.54, 1.807) is 12.1 Å². The van der Waals surface area contributed by atoms with Crippen LogP contribution >= 0.6 is 23.4 Å². The van der Waals surface area contributed by atoms with Gasteiger partial charge in [0.25, 0.3) is 5.91 Å². The molecule has 2 aromatic heterocycles. The number of nitrogens with one attached hydrogen (secondary N) is 3. The lowest BCUT2D eigenvalue weighted by atomic mass is 10.1. The quantitative estimate of drug-likeness (QED) is 0.0611. The number of aryl methyl sites for hydroxylation is 2. The number of Topliss-reactive ketones (excluding diaryl/α,β-unsaturated/α-hetero) is 1. The molecular weight excluding hydrogens is 690 g/mol. The molecule has 0 aliphatic heterocycles. The number of nitrogens with zero attached hydrogens (tertiary/aromatic N) is 4. The first kappa shape index (κ1) is 39.3. The fourth-order valence-electron chi connectivity index (χ4n) is 5.35. The Hall–Kier alpha value is -4.49. The van der Waals surface area contributed by atoms with Crippen molar-refractivity contribution in [2.75, 3.05) is 34.1 Å². The van der Waals surface area contributed by atoms with E-state index in [2.05, 4.69) is 37.8 Å². The Labute approximate surface area is 307 Å². The van der Waals surface area contributed by atoms with Crippen LogP contribution in [0, 0.1) is 13.8 Å². The maximum Gasteiger partial charge on any atom is 0.255 e. The smallest absolute Gasteiger partial charge is 0.255 e. The van der Waals surface area contributed by atoms with Crippen LogP contribution in [0.3, 0.4) is 0 Å². The average molecular weight is 736 g/mol. The lowest BCUT2D eigenvalue weighted by molar-refractivity contribution is -0.129. The van der Waals surface area contributed by atoms with Crippen molar-refractivity contribution >= 4 is 75.2 Å². The van der Waals surface area contributed by atoms with Gasteiger partial charge in [0.15, 0.2) is 28.8 Å². The van der Waals surface area contributed by atoms with Gasteiger partial charge in [-0.2, -0.15) is 11.8 Å². The molecule has 2 aromatic carbocycles. The number of unbranched alkanes of at least 4 members (excludes halogenated alkanes) is 3. The van der Waals surface area contributed by atoms with E-state index in [-0.39, 0.29) is 45.9 Å². The highest BCUT2D eigenvalue weighted by atomic mass is 35.5. The number of hydrogen-bond donors (Lipinski definition) is 3. The molecule has 0 fully saturated rings. The molecule has 4 rings (SSSR count). The number of benzene rings is 2. The van der Waals surface area contributed by atoms with Gasteiger partial charge in [-0.1, -0.05) is 49.1 Å². The first-order valence-corrected chi connectivity index (χ1v) is 18.8. The molecule has 12 nitrogen and oxygen atoms in total. The van der Waals surface area contributed by atoms with Crippen LogP contribution in [0.5, 0.6) is 5.75 Å². The van der Waals surface area contributed by atoms with Crippen LogP contribution in [-0.4, -0.2) is 61.1 Å².